The fraction of sp³-hybridized carbons (Fsp3) is 0.417. The van der Waals surface area contributed by atoms with Crippen molar-refractivity contribution in [3.63, 3.8) is 0 Å². The molecule has 1 N–H and O–H groups in total. The van der Waals surface area contributed by atoms with E-state index < -0.39 is 0 Å². The molecule has 0 amide bonds. The third kappa shape index (κ3) is 3.48. The Labute approximate surface area is 110 Å². The average Bonchev–Trinajstić information content (AvgIpc) is 2.26. The summed E-state index contributed by atoms with van der Waals surface area (Å²) in [5.74, 6) is 0. The Morgan fingerprint density at radius 3 is 2.75 bits per heavy atom. The van der Waals surface area contributed by atoms with Crippen molar-refractivity contribution in [2.75, 3.05) is 0 Å². The van der Waals surface area contributed by atoms with Crippen molar-refractivity contribution in [2.45, 2.75) is 32.4 Å². The van der Waals surface area contributed by atoms with Gasteiger partial charge in [-0.15, -0.1) is 0 Å². The first kappa shape index (κ1) is 13.5. The molecule has 4 heteroatoms. The molecular weight excluding hydrogens is 288 g/mol. The number of benzene rings is 1. The maximum Gasteiger partial charge on any atom is 0.123 e. The van der Waals surface area contributed by atoms with Crippen LogP contribution in [-0.2, 0) is 0 Å². The van der Waals surface area contributed by atoms with E-state index in [1.165, 1.54) is 0 Å². The second kappa shape index (κ2) is 6.24. The first-order valence-corrected chi connectivity index (χ1v) is 6.36. The molecular formula is C12H14BrClN2. The van der Waals surface area contributed by atoms with Gasteiger partial charge in [0.15, 0.2) is 0 Å². The highest BCUT2D eigenvalue weighted by atomic mass is 79.9. The van der Waals surface area contributed by atoms with Gasteiger partial charge in [0.2, 0.25) is 0 Å². The van der Waals surface area contributed by atoms with Crippen LogP contribution in [-0.4, -0.2) is 6.04 Å². The monoisotopic (exact) mass is 300 g/mol. The highest BCUT2D eigenvalue weighted by Crippen LogP contribution is 2.26. The summed E-state index contributed by atoms with van der Waals surface area (Å²) >= 11 is 9.45. The van der Waals surface area contributed by atoms with E-state index in [-0.39, 0.29) is 6.04 Å². The molecule has 0 aliphatic heterocycles. The number of rotatable bonds is 4. The fourth-order valence-corrected chi connectivity index (χ4v) is 2.12. The molecule has 1 rings (SSSR count). The lowest BCUT2D eigenvalue weighted by atomic mass is 10.1. The van der Waals surface area contributed by atoms with Crippen molar-refractivity contribution >= 4 is 27.5 Å². The molecule has 2 unspecified atom stereocenters. The van der Waals surface area contributed by atoms with Crippen molar-refractivity contribution in [3.8, 4) is 6.07 Å². The van der Waals surface area contributed by atoms with Gasteiger partial charge in [0.05, 0.1) is 6.07 Å². The quantitative estimate of drug-likeness (QED) is 0.910. The van der Waals surface area contributed by atoms with E-state index in [2.05, 4.69) is 41.2 Å². The number of nitrogens with zero attached hydrogens (tertiary/aromatic N) is 1. The molecule has 2 nitrogen and oxygen atoms in total. The van der Waals surface area contributed by atoms with Crippen molar-refractivity contribution in [1.29, 1.82) is 5.26 Å². The Morgan fingerprint density at radius 1 is 1.56 bits per heavy atom. The number of hydrogen-bond donors (Lipinski definition) is 1. The Bertz CT molecular complexity index is 400. The average molecular weight is 302 g/mol. The van der Waals surface area contributed by atoms with Crippen LogP contribution in [0.3, 0.4) is 0 Å². The van der Waals surface area contributed by atoms with Gasteiger partial charge >= 0.3 is 0 Å². The van der Waals surface area contributed by atoms with Crippen LogP contribution in [0.5, 0.6) is 0 Å². The highest BCUT2D eigenvalue weighted by molar-refractivity contribution is 9.10. The Balaban J connectivity index is 2.92. The van der Waals surface area contributed by atoms with E-state index >= 15 is 0 Å². The lowest BCUT2D eigenvalue weighted by molar-refractivity contribution is 0.501. The SMILES string of the molecule is CCC(C)NC(C#N)c1ccc(Br)cc1Cl. The molecule has 0 saturated carbocycles. The minimum absolute atomic E-state index is 0.296. The zero-order chi connectivity index (χ0) is 12.1. The van der Waals surface area contributed by atoms with Crippen LogP contribution in [0.4, 0.5) is 0 Å². The van der Waals surface area contributed by atoms with Crippen molar-refractivity contribution in [1.82, 2.24) is 5.32 Å². The lowest BCUT2D eigenvalue weighted by Gasteiger charge is -2.18. The van der Waals surface area contributed by atoms with E-state index in [1.54, 1.807) is 6.07 Å². The third-order valence-electron chi connectivity index (χ3n) is 2.47. The summed E-state index contributed by atoms with van der Waals surface area (Å²) in [6.07, 6.45) is 0.978. The minimum atomic E-state index is -0.351. The molecule has 0 aromatic heterocycles. The van der Waals surface area contributed by atoms with Gasteiger partial charge in [-0.25, -0.2) is 0 Å². The van der Waals surface area contributed by atoms with Crippen LogP contribution in [0, 0.1) is 11.3 Å². The smallest absolute Gasteiger partial charge is 0.123 e. The van der Waals surface area contributed by atoms with Crippen molar-refractivity contribution < 1.29 is 0 Å². The van der Waals surface area contributed by atoms with Crippen molar-refractivity contribution in [2.24, 2.45) is 0 Å². The molecule has 1 aromatic carbocycles. The Morgan fingerprint density at radius 2 is 2.25 bits per heavy atom. The normalized spacial score (nSPS) is 14.2. The molecule has 86 valence electrons. The lowest BCUT2D eigenvalue weighted by Crippen LogP contribution is -2.29. The summed E-state index contributed by atoms with van der Waals surface area (Å²) in [7, 11) is 0. The molecule has 0 fully saturated rings. The molecule has 0 aliphatic rings. The summed E-state index contributed by atoms with van der Waals surface area (Å²) in [6, 6.07) is 7.75. The number of nitrogens with one attached hydrogen (secondary N) is 1. The predicted octanol–water partition coefficient (Wildman–Crippen LogP) is 4.06. The van der Waals surface area contributed by atoms with Crippen LogP contribution in [0.1, 0.15) is 31.9 Å². The highest BCUT2D eigenvalue weighted by Gasteiger charge is 2.15. The molecule has 16 heavy (non-hydrogen) atoms. The van der Waals surface area contributed by atoms with Gasteiger partial charge in [0.1, 0.15) is 6.04 Å². The zero-order valence-electron chi connectivity index (χ0n) is 9.30. The molecule has 0 aliphatic carbocycles. The van der Waals surface area contributed by atoms with Gasteiger partial charge in [0, 0.05) is 21.1 Å². The number of nitriles is 1. The largest absolute Gasteiger partial charge is 0.296 e. The van der Waals surface area contributed by atoms with Gasteiger partial charge in [-0.2, -0.15) is 5.26 Å². The molecule has 0 saturated heterocycles. The Kier molecular flexibility index (Phi) is 5.27. The van der Waals surface area contributed by atoms with Gasteiger partial charge in [-0.3, -0.25) is 5.32 Å². The van der Waals surface area contributed by atoms with E-state index in [9.17, 15) is 0 Å². The third-order valence-corrected chi connectivity index (χ3v) is 3.29. The maximum atomic E-state index is 9.13. The maximum absolute atomic E-state index is 9.13. The van der Waals surface area contributed by atoms with Crippen LogP contribution < -0.4 is 5.32 Å². The second-order valence-electron chi connectivity index (χ2n) is 3.70. The topological polar surface area (TPSA) is 35.8 Å². The predicted molar refractivity (Wildman–Crippen MR) is 70.4 cm³/mol. The van der Waals surface area contributed by atoms with Gasteiger partial charge in [-0.05, 0) is 25.5 Å². The first-order valence-electron chi connectivity index (χ1n) is 5.19. The molecule has 1 aromatic rings. The van der Waals surface area contributed by atoms with E-state index in [0.29, 0.717) is 11.1 Å². The van der Waals surface area contributed by atoms with Crippen LogP contribution in [0.15, 0.2) is 22.7 Å². The van der Waals surface area contributed by atoms with E-state index in [0.717, 1.165) is 16.5 Å². The molecule has 2 atom stereocenters. The van der Waals surface area contributed by atoms with E-state index in [1.807, 2.05) is 12.1 Å². The standard InChI is InChI=1S/C12H14BrClN2/c1-3-8(2)16-12(7-15)10-5-4-9(13)6-11(10)14/h4-6,8,12,16H,3H2,1-2H3. The summed E-state index contributed by atoms with van der Waals surface area (Å²) < 4.78 is 0.918. The first-order chi connectivity index (χ1) is 7.58. The zero-order valence-corrected chi connectivity index (χ0v) is 11.6. The summed E-state index contributed by atoms with van der Waals surface area (Å²) in [6.45, 7) is 4.13. The summed E-state index contributed by atoms with van der Waals surface area (Å²) in [4.78, 5) is 0. The fourth-order valence-electron chi connectivity index (χ4n) is 1.33. The van der Waals surface area contributed by atoms with Crippen LogP contribution in [0.2, 0.25) is 5.02 Å². The van der Waals surface area contributed by atoms with Crippen molar-refractivity contribution in [3.05, 3.63) is 33.3 Å². The Hall–Kier alpha value is -0.560. The van der Waals surface area contributed by atoms with Gasteiger partial charge in [0.25, 0.3) is 0 Å². The number of halogens is 2. The summed E-state index contributed by atoms with van der Waals surface area (Å²) in [5.41, 5.74) is 0.827. The second-order valence-corrected chi connectivity index (χ2v) is 5.03. The molecule has 0 radical (unpaired) electrons. The minimum Gasteiger partial charge on any atom is -0.296 e. The van der Waals surface area contributed by atoms with Crippen LogP contribution >= 0.6 is 27.5 Å². The molecule has 0 spiro atoms. The molecule has 0 heterocycles. The van der Waals surface area contributed by atoms with E-state index in [4.69, 9.17) is 16.9 Å². The van der Waals surface area contributed by atoms with Crippen LogP contribution in [0.25, 0.3) is 0 Å². The summed E-state index contributed by atoms with van der Waals surface area (Å²) in [5, 5.41) is 13.0. The van der Waals surface area contributed by atoms with Gasteiger partial charge < -0.3 is 0 Å². The van der Waals surface area contributed by atoms with Gasteiger partial charge in [-0.1, -0.05) is 40.5 Å². The number of hydrogen-bond acceptors (Lipinski definition) is 2. The molecule has 0 bridgehead atoms.